The molecule has 0 spiro atoms. The molecule has 1 aromatic rings. The molecule has 1 N–H and O–H groups in total. The molecule has 0 radical (unpaired) electrons. The second-order valence-electron chi connectivity index (χ2n) is 3.16. The fourth-order valence-corrected chi connectivity index (χ4v) is 3.27. The van der Waals surface area contributed by atoms with Crippen LogP contribution >= 0.6 is 43.2 Å². The molecule has 1 atom stereocenters. The molecule has 0 aliphatic rings. The van der Waals surface area contributed by atoms with Crippen LogP contribution in [0.3, 0.4) is 0 Å². The van der Waals surface area contributed by atoms with Gasteiger partial charge in [-0.05, 0) is 40.2 Å². The predicted molar refractivity (Wildman–Crippen MR) is 71.3 cm³/mol. The highest BCUT2D eigenvalue weighted by Crippen LogP contribution is 2.22. The molecule has 1 heterocycles. The highest BCUT2D eigenvalue weighted by atomic mass is 79.9. The molecule has 0 aliphatic heterocycles. The van der Waals surface area contributed by atoms with Crippen molar-refractivity contribution in [1.82, 2.24) is 5.32 Å². The Morgan fingerprint density at radius 2 is 2.36 bits per heavy atom. The van der Waals surface area contributed by atoms with E-state index in [1.54, 1.807) is 11.3 Å². The van der Waals surface area contributed by atoms with Gasteiger partial charge in [-0.3, -0.25) is 0 Å². The minimum atomic E-state index is 0.628. The lowest BCUT2D eigenvalue weighted by Gasteiger charge is -2.14. The molecule has 80 valence electrons. The summed E-state index contributed by atoms with van der Waals surface area (Å²) in [5.74, 6) is 0. The summed E-state index contributed by atoms with van der Waals surface area (Å²) in [5, 5.41) is 6.76. The molecule has 0 bridgehead atoms. The maximum Gasteiger partial charge on any atom is 0.0327 e. The standard InChI is InChI=1S/C10H15Br2NS/c1-2-8(3-5-11)13-7-10-9(12)4-6-14-10/h4,6,8,13H,2-3,5,7H2,1H3. The van der Waals surface area contributed by atoms with Crippen LogP contribution in [0.25, 0.3) is 0 Å². The maximum atomic E-state index is 3.56. The van der Waals surface area contributed by atoms with Gasteiger partial charge >= 0.3 is 0 Å². The average Bonchev–Trinajstić information content (AvgIpc) is 2.59. The molecule has 4 heteroatoms. The summed E-state index contributed by atoms with van der Waals surface area (Å²) >= 11 is 8.81. The average molecular weight is 341 g/mol. The van der Waals surface area contributed by atoms with E-state index < -0.39 is 0 Å². The number of alkyl halides is 1. The number of halogens is 2. The first-order valence-corrected chi connectivity index (χ1v) is 7.58. The first kappa shape index (κ1) is 12.7. The topological polar surface area (TPSA) is 12.0 Å². The number of rotatable bonds is 6. The Labute approximate surface area is 107 Å². The van der Waals surface area contributed by atoms with E-state index >= 15 is 0 Å². The SMILES string of the molecule is CCC(CCBr)NCc1sccc1Br. The molecule has 1 unspecified atom stereocenters. The molecular formula is C10H15Br2NS. The summed E-state index contributed by atoms with van der Waals surface area (Å²) in [4.78, 5) is 1.39. The molecule has 1 rings (SSSR count). The zero-order chi connectivity index (χ0) is 10.4. The normalized spacial score (nSPS) is 13.1. The van der Waals surface area contributed by atoms with Crippen molar-refractivity contribution in [2.75, 3.05) is 5.33 Å². The smallest absolute Gasteiger partial charge is 0.0327 e. The lowest BCUT2D eigenvalue weighted by Crippen LogP contribution is -2.27. The van der Waals surface area contributed by atoms with Gasteiger partial charge in [-0.2, -0.15) is 0 Å². The van der Waals surface area contributed by atoms with Crippen LogP contribution in [-0.4, -0.2) is 11.4 Å². The fraction of sp³-hybridized carbons (Fsp3) is 0.600. The largest absolute Gasteiger partial charge is 0.309 e. The third-order valence-corrected chi connectivity index (χ3v) is 4.58. The van der Waals surface area contributed by atoms with Crippen LogP contribution < -0.4 is 5.32 Å². The minimum absolute atomic E-state index is 0.628. The molecular weight excluding hydrogens is 326 g/mol. The first-order chi connectivity index (χ1) is 6.77. The Bertz CT molecular complexity index is 262. The van der Waals surface area contributed by atoms with Crippen molar-refractivity contribution in [1.29, 1.82) is 0 Å². The number of thiophene rings is 1. The van der Waals surface area contributed by atoms with Gasteiger partial charge in [0.1, 0.15) is 0 Å². The summed E-state index contributed by atoms with van der Waals surface area (Å²) in [6.07, 6.45) is 2.38. The van der Waals surface area contributed by atoms with Gasteiger partial charge < -0.3 is 5.32 Å². The molecule has 0 amide bonds. The lowest BCUT2D eigenvalue weighted by atomic mass is 10.2. The molecule has 0 saturated heterocycles. The van der Waals surface area contributed by atoms with Crippen molar-refractivity contribution in [3.8, 4) is 0 Å². The van der Waals surface area contributed by atoms with Crippen molar-refractivity contribution in [3.63, 3.8) is 0 Å². The molecule has 0 saturated carbocycles. The van der Waals surface area contributed by atoms with Gasteiger partial charge in [0.25, 0.3) is 0 Å². The van der Waals surface area contributed by atoms with Gasteiger partial charge in [0, 0.05) is 27.3 Å². The zero-order valence-electron chi connectivity index (χ0n) is 8.22. The van der Waals surface area contributed by atoms with E-state index in [2.05, 4.69) is 55.5 Å². The van der Waals surface area contributed by atoms with Crippen molar-refractivity contribution >= 4 is 43.2 Å². The lowest BCUT2D eigenvalue weighted by molar-refractivity contribution is 0.490. The van der Waals surface area contributed by atoms with Crippen LogP contribution in [0.15, 0.2) is 15.9 Å². The van der Waals surface area contributed by atoms with Gasteiger partial charge in [-0.15, -0.1) is 11.3 Å². The van der Waals surface area contributed by atoms with Crippen LogP contribution in [-0.2, 0) is 6.54 Å². The van der Waals surface area contributed by atoms with E-state index in [0.717, 1.165) is 11.9 Å². The molecule has 1 aromatic heterocycles. The van der Waals surface area contributed by atoms with Gasteiger partial charge in [0.15, 0.2) is 0 Å². The van der Waals surface area contributed by atoms with Gasteiger partial charge in [-0.1, -0.05) is 22.9 Å². The molecule has 1 nitrogen and oxygen atoms in total. The Morgan fingerprint density at radius 1 is 1.57 bits per heavy atom. The molecule has 0 fully saturated rings. The van der Waals surface area contributed by atoms with Crippen molar-refractivity contribution in [3.05, 3.63) is 20.8 Å². The van der Waals surface area contributed by atoms with E-state index in [-0.39, 0.29) is 0 Å². The molecule has 14 heavy (non-hydrogen) atoms. The predicted octanol–water partition coefficient (Wildman–Crippen LogP) is 4.16. The monoisotopic (exact) mass is 339 g/mol. The summed E-state index contributed by atoms with van der Waals surface area (Å²) in [6.45, 7) is 3.20. The number of hydrogen-bond acceptors (Lipinski definition) is 2. The molecule has 0 aromatic carbocycles. The van der Waals surface area contributed by atoms with Gasteiger partial charge in [0.05, 0.1) is 0 Å². The zero-order valence-corrected chi connectivity index (χ0v) is 12.2. The van der Waals surface area contributed by atoms with E-state index in [1.807, 2.05) is 0 Å². The highest BCUT2D eigenvalue weighted by molar-refractivity contribution is 9.10. The Hall–Kier alpha value is 0.620. The van der Waals surface area contributed by atoms with E-state index in [4.69, 9.17) is 0 Å². The number of hydrogen-bond donors (Lipinski definition) is 1. The first-order valence-electron chi connectivity index (χ1n) is 4.79. The quantitative estimate of drug-likeness (QED) is 0.766. The summed E-state index contributed by atoms with van der Waals surface area (Å²) in [5.41, 5.74) is 0. The minimum Gasteiger partial charge on any atom is -0.309 e. The van der Waals surface area contributed by atoms with E-state index in [0.29, 0.717) is 6.04 Å². The van der Waals surface area contributed by atoms with Crippen LogP contribution in [0.1, 0.15) is 24.6 Å². The van der Waals surface area contributed by atoms with E-state index in [1.165, 1.54) is 22.2 Å². The second-order valence-corrected chi connectivity index (χ2v) is 5.80. The third-order valence-electron chi connectivity index (χ3n) is 2.19. The van der Waals surface area contributed by atoms with Crippen LogP contribution in [0.5, 0.6) is 0 Å². The number of nitrogens with one attached hydrogen (secondary N) is 1. The van der Waals surface area contributed by atoms with Crippen molar-refractivity contribution in [2.24, 2.45) is 0 Å². The van der Waals surface area contributed by atoms with Crippen LogP contribution in [0.4, 0.5) is 0 Å². The Morgan fingerprint density at radius 3 is 2.86 bits per heavy atom. The second kappa shape index (κ2) is 6.99. The third kappa shape index (κ3) is 4.01. The van der Waals surface area contributed by atoms with Gasteiger partial charge in [-0.25, -0.2) is 0 Å². The summed E-state index contributed by atoms with van der Waals surface area (Å²) in [6, 6.07) is 2.73. The van der Waals surface area contributed by atoms with Crippen LogP contribution in [0.2, 0.25) is 0 Å². The van der Waals surface area contributed by atoms with Gasteiger partial charge in [0.2, 0.25) is 0 Å². The summed E-state index contributed by atoms with van der Waals surface area (Å²) in [7, 11) is 0. The maximum absolute atomic E-state index is 3.56. The van der Waals surface area contributed by atoms with Crippen molar-refractivity contribution < 1.29 is 0 Å². The Kier molecular flexibility index (Phi) is 6.33. The fourth-order valence-electron chi connectivity index (χ4n) is 1.27. The highest BCUT2D eigenvalue weighted by Gasteiger charge is 2.06. The molecule has 0 aliphatic carbocycles. The van der Waals surface area contributed by atoms with E-state index in [9.17, 15) is 0 Å². The van der Waals surface area contributed by atoms with Crippen LogP contribution in [0, 0.1) is 0 Å². The summed E-state index contributed by atoms with van der Waals surface area (Å²) < 4.78 is 1.23. The van der Waals surface area contributed by atoms with Crippen molar-refractivity contribution in [2.45, 2.75) is 32.4 Å². The Balaban J connectivity index is 2.35.